The van der Waals surface area contributed by atoms with Gasteiger partial charge < -0.3 is 21.7 Å². The lowest BCUT2D eigenvalue weighted by atomic mass is 10.2. The summed E-state index contributed by atoms with van der Waals surface area (Å²) < 4.78 is 0. The van der Waals surface area contributed by atoms with E-state index in [1.54, 1.807) is 29.6 Å². The number of nitrogens with one attached hydrogen (secondary N) is 3. The molecule has 7 nitrogen and oxygen atoms in total. The second kappa shape index (κ2) is 9.86. The van der Waals surface area contributed by atoms with Gasteiger partial charge in [0.15, 0.2) is 0 Å². The van der Waals surface area contributed by atoms with Gasteiger partial charge in [-0.3, -0.25) is 4.79 Å². The fourth-order valence-corrected chi connectivity index (χ4v) is 2.65. The normalized spacial score (nSPS) is 9.75. The van der Waals surface area contributed by atoms with E-state index in [2.05, 4.69) is 20.9 Å². The number of urea groups is 1. The number of benzene rings is 1. The first kappa shape index (κ1) is 19.9. The predicted molar refractivity (Wildman–Crippen MR) is 99.2 cm³/mol. The largest absolute Gasteiger partial charge is 0.338 e. The standard InChI is InChI=1S/C15H19N5O2S.ClH/c1-2-17-15(22)19-11-5-3-4-10(8-11)18-14(21)12-9-23-13(20-12)6-7-16;/h3-5,8-9H,2,6-7,16H2,1H3,(H,18,21)(H2,17,19,22);1H. The van der Waals surface area contributed by atoms with Gasteiger partial charge in [0.25, 0.3) is 5.91 Å². The average Bonchev–Trinajstić information content (AvgIpc) is 2.97. The molecule has 0 aliphatic rings. The van der Waals surface area contributed by atoms with Gasteiger partial charge in [0.1, 0.15) is 5.69 Å². The molecule has 0 spiro atoms. The van der Waals surface area contributed by atoms with Gasteiger partial charge in [-0.15, -0.1) is 23.7 Å². The van der Waals surface area contributed by atoms with E-state index < -0.39 is 0 Å². The minimum atomic E-state index is -0.292. The first-order chi connectivity index (χ1) is 11.1. The summed E-state index contributed by atoms with van der Waals surface area (Å²) in [6.07, 6.45) is 0.657. The first-order valence-corrected chi connectivity index (χ1v) is 8.11. The number of thiazole rings is 1. The van der Waals surface area contributed by atoms with E-state index in [0.717, 1.165) is 5.01 Å². The fraction of sp³-hybridized carbons (Fsp3) is 0.267. The van der Waals surface area contributed by atoms with E-state index in [9.17, 15) is 9.59 Å². The lowest BCUT2D eigenvalue weighted by molar-refractivity contribution is 0.102. The van der Waals surface area contributed by atoms with Crippen molar-refractivity contribution in [2.45, 2.75) is 13.3 Å². The smallest absolute Gasteiger partial charge is 0.319 e. The molecule has 2 rings (SSSR count). The topological polar surface area (TPSA) is 109 Å². The molecule has 0 saturated carbocycles. The van der Waals surface area contributed by atoms with Gasteiger partial charge in [0.2, 0.25) is 0 Å². The molecule has 0 radical (unpaired) electrons. The number of hydrogen-bond acceptors (Lipinski definition) is 5. The molecule has 0 unspecified atom stereocenters. The van der Waals surface area contributed by atoms with Crippen LogP contribution >= 0.6 is 23.7 Å². The average molecular weight is 370 g/mol. The zero-order valence-corrected chi connectivity index (χ0v) is 14.8. The number of carbonyl (C=O) groups is 2. The summed E-state index contributed by atoms with van der Waals surface area (Å²) in [6, 6.07) is 6.63. The third kappa shape index (κ3) is 5.80. The van der Waals surface area contributed by atoms with Crippen molar-refractivity contribution in [1.82, 2.24) is 10.3 Å². The van der Waals surface area contributed by atoms with Crippen LogP contribution in [0.4, 0.5) is 16.2 Å². The highest BCUT2D eigenvalue weighted by molar-refractivity contribution is 7.09. The van der Waals surface area contributed by atoms with Crippen LogP contribution in [0, 0.1) is 0 Å². The number of rotatable bonds is 6. The van der Waals surface area contributed by atoms with Crippen molar-refractivity contribution < 1.29 is 9.59 Å². The van der Waals surface area contributed by atoms with Crippen molar-refractivity contribution in [2.24, 2.45) is 5.73 Å². The fourth-order valence-electron chi connectivity index (χ4n) is 1.86. The second-order valence-electron chi connectivity index (χ2n) is 4.68. The van der Waals surface area contributed by atoms with Crippen LogP contribution in [0.1, 0.15) is 22.4 Å². The maximum atomic E-state index is 12.2. The van der Waals surface area contributed by atoms with Crippen molar-refractivity contribution in [3.8, 4) is 0 Å². The molecule has 0 bridgehead atoms. The molecule has 0 fully saturated rings. The van der Waals surface area contributed by atoms with Gasteiger partial charge in [-0.2, -0.15) is 0 Å². The Morgan fingerprint density at radius 3 is 2.62 bits per heavy atom. The van der Waals surface area contributed by atoms with Crippen LogP contribution in [-0.2, 0) is 6.42 Å². The maximum absolute atomic E-state index is 12.2. The Morgan fingerprint density at radius 1 is 1.25 bits per heavy atom. The van der Waals surface area contributed by atoms with Crippen molar-refractivity contribution >= 4 is 47.1 Å². The Hall–Kier alpha value is -2.16. The Kier molecular flexibility index (Phi) is 8.17. The number of aromatic nitrogens is 1. The Labute approximate surface area is 150 Å². The Morgan fingerprint density at radius 2 is 1.96 bits per heavy atom. The van der Waals surface area contributed by atoms with E-state index in [4.69, 9.17) is 5.73 Å². The van der Waals surface area contributed by atoms with Crippen LogP contribution in [0.15, 0.2) is 29.6 Å². The Balaban J connectivity index is 0.00000288. The van der Waals surface area contributed by atoms with Crippen molar-refractivity contribution in [1.29, 1.82) is 0 Å². The van der Waals surface area contributed by atoms with Gasteiger partial charge >= 0.3 is 6.03 Å². The molecule has 5 N–H and O–H groups in total. The highest BCUT2D eigenvalue weighted by Crippen LogP contribution is 2.17. The van der Waals surface area contributed by atoms with Gasteiger partial charge in [0.05, 0.1) is 5.01 Å². The SMILES string of the molecule is CCNC(=O)Nc1cccc(NC(=O)c2csc(CCN)n2)c1.Cl. The predicted octanol–water partition coefficient (Wildman–Crippen LogP) is 2.46. The summed E-state index contributed by atoms with van der Waals surface area (Å²) >= 11 is 1.41. The Bertz CT molecular complexity index is 692. The minimum absolute atomic E-state index is 0. The van der Waals surface area contributed by atoms with Crippen LogP contribution in [0.3, 0.4) is 0 Å². The maximum Gasteiger partial charge on any atom is 0.319 e. The number of hydrogen-bond donors (Lipinski definition) is 4. The molecule has 9 heteroatoms. The highest BCUT2D eigenvalue weighted by Gasteiger charge is 2.11. The molecule has 3 amide bonds. The molecule has 24 heavy (non-hydrogen) atoms. The third-order valence-electron chi connectivity index (χ3n) is 2.86. The summed E-state index contributed by atoms with van der Waals surface area (Å²) in [7, 11) is 0. The molecular formula is C15H20ClN5O2S. The van der Waals surface area contributed by atoms with Crippen LogP contribution in [-0.4, -0.2) is 30.0 Å². The number of carbonyl (C=O) groups excluding carboxylic acids is 2. The summed E-state index contributed by atoms with van der Waals surface area (Å²) in [5.74, 6) is -0.292. The van der Waals surface area contributed by atoms with Gasteiger partial charge in [-0.1, -0.05) is 6.07 Å². The van der Waals surface area contributed by atoms with Crippen LogP contribution < -0.4 is 21.7 Å². The summed E-state index contributed by atoms with van der Waals surface area (Å²) in [6.45, 7) is 2.88. The monoisotopic (exact) mass is 369 g/mol. The zero-order valence-electron chi connectivity index (χ0n) is 13.2. The summed E-state index contributed by atoms with van der Waals surface area (Å²) in [4.78, 5) is 27.9. The molecule has 1 aromatic heterocycles. The van der Waals surface area contributed by atoms with E-state index in [1.165, 1.54) is 11.3 Å². The quantitative estimate of drug-likeness (QED) is 0.627. The second-order valence-corrected chi connectivity index (χ2v) is 5.63. The van der Waals surface area contributed by atoms with E-state index in [1.807, 2.05) is 6.92 Å². The first-order valence-electron chi connectivity index (χ1n) is 7.23. The molecule has 130 valence electrons. The lowest BCUT2D eigenvalue weighted by Gasteiger charge is -2.08. The number of nitrogens with zero attached hydrogens (tertiary/aromatic N) is 1. The summed E-state index contributed by atoms with van der Waals surface area (Å²) in [5.41, 5.74) is 7.01. The molecule has 1 aromatic carbocycles. The van der Waals surface area contributed by atoms with Crippen molar-refractivity contribution in [3.63, 3.8) is 0 Å². The molecular weight excluding hydrogens is 350 g/mol. The van der Waals surface area contributed by atoms with Crippen molar-refractivity contribution in [2.75, 3.05) is 23.7 Å². The number of amides is 3. The van der Waals surface area contributed by atoms with Crippen LogP contribution in [0.2, 0.25) is 0 Å². The van der Waals surface area contributed by atoms with Gasteiger partial charge in [0, 0.05) is 29.7 Å². The van der Waals surface area contributed by atoms with E-state index in [0.29, 0.717) is 36.6 Å². The van der Waals surface area contributed by atoms with Gasteiger partial charge in [-0.25, -0.2) is 9.78 Å². The molecule has 0 aliphatic heterocycles. The highest BCUT2D eigenvalue weighted by atomic mass is 35.5. The third-order valence-corrected chi connectivity index (χ3v) is 3.77. The molecule has 0 atom stereocenters. The lowest BCUT2D eigenvalue weighted by Crippen LogP contribution is -2.28. The number of anilines is 2. The van der Waals surface area contributed by atoms with Gasteiger partial charge in [-0.05, 0) is 31.7 Å². The van der Waals surface area contributed by atoms with E-state index >= 15 is 0 Å². The number of halogens is 1. The molecule has 1 heterocycles. The summed E-state index contributed by atoms with van der Waals surface area (Å²) in [5, 5.41) is 10.6. The van der Waals surface area contributed by atoms with Crippen LogP contribution in [0.5, 0.6) is 0 Å². The molecule has 0 saturated heterocycles. The minimum Gasteiger partial charge on any atom is -0.338 e. The van der Waals surface area contributed by atoms with Crippen LogP contribution in [0.25, 0.3) is 0 Å². The van der Waals surface area contributed by atoms with E-state index in [-0.39, 0.29) is 24.3 Å². The van der Waals surface area contributed by atoms with Crippen molar-refractivity contribution in [3.05, 3.63) is 40.3 Å². The molecule has 2 aromatic rings. The molecule has 0 aliphatic carbocycles. The zero-order chi connectivity index (χ0) is 16.7. The number of nitrogens with two attached hydrogens (primary N) is 1.